The molecule has 1 saturated heterocycles. The van der Waals surface area contributed by atoms with Crippen LogP contribution in [0.1, 0.15) is 35.2 Å². The van der Waals surface area contributed by atoms with Crippen LogP contribution in [0.2, 0.25) is 0 Å². The lowest BCUT2D eigenvalue weighted by molar-refractivity contribution is -0.150. The van der Waals surface area contributed by atoms with E-state index in [4.69, 9.17) is 9.47 Å². The topological polar surface area (TPSA) is 55.8 Å². The molecule has 2 aromatic rings. The van der Waals surface area contributed by atoms with Crippen molar-refractivity contribution in [3.8, 4) is 5.75 Å². The van der Waals surface area contributed by atoms with Gasteiger partial charge in [0, 0.05) is 18.5 Å². The first-order chi connectivity index (χ1) is 13.2. The Hall–Kier alpha value is -2.82. The Labute approximate surface area is 159 Å². The molecule has 1 aliphatic heterocycles. The van der Waals surface area contributed by atoms with E-state index in [-0.39, 0.29) is 18.5 Å². The van der Waals surface area contributed by atoms with Gasteiger partial charge >= 0.3 is 5.97 Å². The molecule has 2 aromatic carbocycles. The van der Waals surface area contributed by atoms with Gasteiger partial charge < -0.3 is 14.4 Å². The number of benzene rings is 2. The molecule has 0 aliphatic carbocycles. The molecular formula is C22H25NO4. The molecule has 1 aliphatic rings. The van der Waals surface area contributed by atoms with E-state index in [1.165, 1.54) is 0 Å². The fraction of sp³-hybridized carbons (Fsp3) is 0.364. The largest absolute Gasteiger partial charge is 0.497 e. The normalized spacial score (nSPS) is 16.6. The maximum Gasteiger partial charge on any atom is 0.328 e. The number of amides is 1. The minimum absolute atomic E-state index is 0.106. The third-order valence-electron chi connectivity index (χ3n) is 4.83. The van der Waals surface area contributed by atoms with Crippen molar-refractivity contribution in [2.45, 2.75) is 31.7 Å². The van der Waals surface area contributed by atoms with Crippen molar-refractivity contribution in [3.05, 3.63) is 65.7 Å². The molecule has 1 amide bonds. The standard InChI is InChI=1S/C22H25NO4/c1-26-19-11-7-8-17(16-19)13-15-27-22(25)20-12-5-6-14-23(20)21(24)18-9-3-2-4-10-18/h2-4,7-11,16,20H,5-6,12-15H2,1H3. The molecule has 1 fully saturated rings. The minimum Gasteiger partial charge on any atom is -0.497 e. The Morgan fingerprint density at radius 3 is 2.67 bits per heavy atom. The van der Waals surface area contributed by atoms with Crippen LogP contribution in [0.15, 0.2) is 54.6 Å². The number of rotatable bonds is 6. The van der Waals surface area contributed by atoms with Gasteiger partial charge in [0.15, 0.2) is 0 Å². The van der Waals surface area contributed by atoms with Crippen molar-refractivity contribution in [2.24, 2.45) is 0 Å². The van der Waals surface area contributed by atoms with Crippen LogP contribution < -0.4 is 4.74 Å². The van der Waals surface area contributed by atoms with Gasteiger partial charge in [-0.25, -0.2) is 4.79 Å². The maximum absolute atomic E-state index is 12.8. The number of methoxy groups -OCH3 is 1. The van der Waals surface area contributed by atoms with E-state index < -0.39 is 6.04 Å². The van der Waals surface area contributed by atoms with Crippen molar-refractivity contribution in [2.75, 3.05) is 20.3 Å². The van der Waals surface area contributed by atoms with Gasteiger partial charge in [0.1, 0.15) is 11.8 Å². The summed E-state index contributed by atoms with van der Waals surface area (Å²) in [5.41, 5.74) is 1.65. The van der Waals surface area contributed by atoms with E-state index in [1.54, 1.807) is 24.1 Å². The molecule has 0 radical (unpaired) electrons. The summed E-state index contributed by atoms with van der Waals surface area (Å²) in [4.78, 5) is 27.1. The number of carbonyl (C=O) groups is 2. The number of hydrogen-bond donors (Lipinski definition) is 0. The van der Waals surface area contributed by atoms with Gasteiger partial charge in [0.2, 0.25) is 0 Å². The molecule has 27 heavy (non-hydrogen) atoms. The molecule has 0 aromatic heterocycles. The van der Waals surface area contributed by atoms with Crippen LogP contribution in [0.5, 0.6) is 5.75 Å². The number of esters is 1. The molecule has 0 N–H and O–H groups in total. The molecule has 5 nitrogen and oxygen atoms in total. The highest BCUT2D eigenvalue weighted by Crippen LogP contribution is 2.21. The third kappa shape index (κ3) is 4.88. The highest BCUT2D eigenvalue weighted by Gasteiger charge is 2.33. The first-order valence-corrected chi connectivity index (χ1v) is 9.34. The second-order valence-electron chi connectivity index (χ2n) is 6.65. The van der Waals surface area contributed by atoms with Crippen LogP contribution in [-0.4, -0.2) is 43.1 Å². The van der Waals surface area contributed by atoms with Crippen LogP contribution in [0.3, 0.4) is 0 Å². The molecule has 1 atom stereocenters. The van der Waals surface area contributed by atoms with Crippen molar-refractivity contribution >= 4 is 11.9 Å². The first-order valence-electron chi connectivity index (χ1n) is 9.34. The van der Waals surface area contributed by atoms with Crippen LogP contribution >= 0.6 is 0 Å². The lowest BCUT2D eigenvalue weighted by Crippen LogP contribution is -2.48. The molecule has 0 spiro atoms. The zero-order chi connectivity index (χ0) is 19.1. The number of carbonyl (C=O) groups excluding carboxylic acids is 2. The summed E-state index contributed by atoms with van der Waals surface area (Å²) < 4.78 is 10.7. The van der Waals surface area contributed by atoms with Crippen molar-refractivity contribution in [1.29, 1.82) is 0 Å². The van der Waals surface area contributed by atoms with Gasteiger partial charge in [0.25, 0.3) is 5.91 Å². The smallest absolute Gasteiger partial charge is 0.328 e. The van der Waals surface area contributed by atoms with Crippen molar-refractivity contribution < 1.29 is 19.1 Å². The van der Waals surface area contributed by atoms with Crippen LogP contribution in [-0.2, 0) is 16.0 Å². The van der Waals surface area contributed by atoms with Gasteiger partial charge in [-0.15, -0.1) is 0 Å². The molecular weight excluding hydrogens is 342 g/mol. The number of hydrogen-bond acceptors (Lipinski definition) is 4. The second kappa shape index (κ2) is 9.21. The zero-order valence-corrected chi connectivity index (χ0v) is 15.6. The Morgan fingerprint density at radius 1 is 1.07 bits per heavy atom. The first kappa shape index (κ1) is 19.0. The van der Waals surface area contributed by atoms with Crippen molar-refractivity contribution in [1.82, 2.24) is 4.90 Å². The van der Waals surface area contributed by atoms with Crippen LogP contribution in [0, 0.1) is 0 Å². The van der Waals surface area contributed by atoms with Gasteiger partial charge in [0.05, 0.1) is 13.7 Å². The number of piperidine rings is 1. The summed E-state index contributed by atoms with van der Waals surface area (Å²) in [6, 6.07) is 16.3. The third-order valence-corrected chi connectivity index (χ3v) is 4.83. The molecule has 0 bridgehead atoms. The predicted octanol–water partition coefficient (Wildman–Crippen LogP) is 3.48. The molecule has 5 heteroatoms. The maximum atomic E-state index is 12.8. The quantitative estimate of drug-likeness (QED) is 0.734. The second-order valence-corrected chi connectivity index (χ2v) is 6.65. The van der Waals surface area contributed by atoms with Crippen LogP contribution in [0.4, 0.5) is 0 Å². The highest BCUT2D eigenvalue weighted by atomic mass is 16.5. The van der Waals surface area contributed by atoms with E-state index >= 15 is 0 Å². The Morgan fingerprint density at radius 2 is 1.89 bits per heavy atom. The molecule has 1 unspecified atom stereocenters. The van der Waals surface area contributed by atoms with Gasteiger partial charge in [-0.1, -0.05) is 30.3 Å². The highest BCUT2D eigenvalue weighted by molar-refractivity contribution is 5.96. The van der Waals surface area contributed by atoms with E-state index in [2.05, 4.69) is 0 Å². The van der Waals surface area contributed by atoms with Crippen LogP contribution in [0.25, 0.3) is 0 Å². The fourth-order valence-electron chi connectivity index (χ4n) is 3.36. The zero-order valence-electron chi connectivity index (χ0n) is 15.6. The van der Waals surface area contributed by atoms with Gasteiger partial charge in [-0.05, 0) is 49.1 Å². The van der Waals surface area contributed by atoms with E-state index in [0.717, 1.165) is 24.2 Å². The lowest BCUT2D eigenvalue weighted by atomic mass is 10.0. The summed E-state index contributed by atoms with van der Waals surface area (Å²) in [6.45, 7) is 0.874. The summed E-state index contributed by atoms with van der Waals surface area (Å²) in [5.74, 6) is 0.359. The molecule has 3 rings (SSSR count). The minimum atomic E-state index is -0.503. The van der Waals surface area contributed by atoms with E-state index in [1.807, 2.05) is 42.5 Å². The summed E-state index contributed by atoms with van der Waals surface area (Å²) in [7, 11) is 1.63. The fourth-order valence-corrected chi connectivity index (χ4v) is 3.36. The monoisotopic (exact) mass is 367 g/mol. The summed E-state index contributed by atoms with van der Waals surface area (Å²) >= 11 is 0. The number of ether oxygens (including phenoxy) is 2. The van der Waals surface area contributed by atoms with Gasteiger partial charge in [-0.2, -0.15) is 0 Å². The Balaban J connectivity index is 1.59. The van der Waals surface area contributed by atoms with E-state index in [9.17, 15) is 9.59 Å². The SMILES string of the molecule is COc1cccc(CCOC(=O)C2CCCCN2C(=O)c2ccccc2)c1. The number of nitrogens with zero attached hydrogens (tertiary/aromatic N) is 1. The van der Waals surface area contributed by atoms with E-state index in [0.29, 0.717) is 24.9 Å². The van der Waals surface area contributed by atoms with Gasteiger partial charge in [-0.3, -0.25) is 4.79 Å². The lowest BCUT2D eigenvalue weighted by Gasteiger charge is -2.34. The molecule has 1 heterocycles. The summed E-state index contributed by atoms with van der Waals surface area (Å²) in [5, 5.41) is 0. The molecule has 0 saturated carbocycles. The van der Waals surface area contributed by atoms with Crippen molar-refractivity contribution in [3.63, 3.8) is 0 Å². The molecule has 142 valence electrons. The Bertz CT molecular complexity index is 775. The average molecular weight is 367 g/mol. The summed E-state index contributed by atoms with van der Waals surface area (Å²) in [6.07, 6.45) is 3.10. The average Bonchev–Trinajstić information content (AvgIpc) is 2.74. The predicted molar refractivity (Wildman–Crippen MR) is 103 cm³/mol. The Kier molecular flexibility index (Phi) is 6.47. The number of likely N-dealkylation sites (tertiary alicyclic amines) is 1.